The molecule has 0 aliphatic carbocycles. The molecule has 15 heavy (non-hydrogen) atoms. The molecule has 1 aliphatic heterocycles. The van der Waals surface area contributed by atoms with Crippen LogP contribution in [0.5, 0.6) is 0 Å². The minimum absolute atomic E-state index is 0.0753. The highest BCUT2D eigenvalue weighted by atomic mass is 16.5. The Kier molecular flexibility index (Phi) is 5.60. The van der Waals surface area contributed by atoms with Crippen molar-refractivity contribution in [2.45, 2.75) is 13.0 Å². The Morgan fingerprint density at radius 2 is 2.47 bits per heavy atom. The number of carbonyl (C=O) groups is 1. The number of morpholine rings is 1. The molecule has 1 atom stereocenters. The van der Waals surface area contributed by atoms with Crippen molar-refractivity contribution in [3.8, 4) is 0 Å². The summed E-state index contributed by atoms with van der Waals surface area (Å²) in [6.45, 7) is 5.71. The molecule has 1 saturated heterocycles. The van der Waals surface area contributed by atoms with Gasteiger partial charge in [0.1, 0.15) is 6.61 Å². The van der Waals surface area contributed by atoms with Gasteiger partial charge in [-0.05, 0) is 14.0 Å². The first kappa shape index (κ1) is 12.4. The van der Waals surface area contributed by atoms with E-state index >= 15 is 0 Å². The monoisotopic (exact) mass is 216 g/mol. The van der Waals surface area contributed by atoms with E-state index in [1.165, 1.54) is 0 Å². The van der Waals surface area contributed by atoms with Crippen LogP contribution < -0.4 is 5.32 Å². The molecule has 1 N–H and O–H groups in total. The van der Waals surface area contributed by atoms with Crippen LogP contribution in [0.15, 0.2) is 0 Å². The largest absolute Gasteiger partial charge is 0.374 e. The summed E-state index contributed by atoms with van der Waals surface area (Å²) in [5, 5.41) is 2.79. The van der Waals surface area contributed by atoms with Crippen LogP contribution in [0.25, 0.3) is 0 Å². The molecule has 0 radical (unpaired) electrons. The van der Waals surface area contributed by atoms with Gasteiger partial charge in [0.05, 0.1) is 12.7 Å². The lowest BCUT2D eigenvalue weighted by Gasteiger charge is -2.30. The summed E-state index contributed by atoms with van der Waals surface area (Å²) >= 11 is 0. The van der Waals surface area contributed by atoms with Gasteiger partial charge in [0.2, 0.25) is 5.91 Å². The second-order valence-corrected chi connectivity index (χ2v) is 3.70. The van der Waals surface area contributed by atoms with Crippen molar-refractivity contribution in [3.63, 3.8) is 0 Å². The van der Waals surface area contributed by atoms with E-state index < -0.39 is 0 Å². The molecule has 0 saturated carbocycles. The lowest BCUT2D eigenvalue weighted by atomic mass is 10.3. The van der Waals surface area contributed by atoms with Gasteiger partial charge in [0.15, 0.2) is 0 Å². The summed E-state index contributed by atoms with van der Waals surface area (Å²) in [6.07, 6.45) is 0.106. The Morgan fingerprint density at radius 3 is 3.13 bits per heavy atom. The number of nitrogens with one attached hydrogen (secondary N) is 1. The minimum Gasteiger partial charge on any atom is -0.374 e. The predicted molar refractivity (Wildman–Crippen MR) is 56.7 cm³/mol. The number of nitrogens with zero attached hydrogens (tertiary/aromatic N) is 1. The molecule has 88 valence electrons. The zero-order valence-corrected chi connectivity index (χ0v) is 9.49. The smallest absolute Gasteiger partial charge is 0.246 e. The molecular formula is C10H20N2O3. The van der Waals surface area contributed by atoms with Crippen molar-refractivity contribution in [2.24, 2.45) is 0 Å². The number of likely N-dealkylation sites (N-methyl/N-ethyl adjacent to an activating group) is 1. The zero-order chi connectivity index (χ0) is 11.1. The molecule has 0 aromatic carbocycles. The Balaban J connectivity index is 2.10. The van der Waals surface area contributed by atoms with Gasteiger partial charge >= 0.3 is 0 Å². The second kappa shape index (κ2) is 6.76. The van der Waals surface area contributed by atoms with E-state index in [0.29, 0.717) is 13.2 Å². The maximum absolute atomic E-state index is 11.2. The average molecular weight is 216 g/mol. The lowest BCUT2D eigenvalue weighted by Crippen LogP contribution is -2.46. The van der Waals surface area contributed by atoms with E-state index in [2.05, 4.69) is 17.3 Å². The van der Waals surface area contributed by atoms with Gasteiger partial charge in [0, 0.05) is 26.2 Å². The van der Waals surface area contributed by atoms with Gasteiger partial charge in [-0.15, -0.1) is 0 Å². The van der Waals surface area contributed by atoms with Gasteiger partial charge in [-0.1, -0.05) is 0 Å². The lowest BCUT2D eigenvalue weighted by molar-refractivity contribution is -0.126. The number of rotatable bonds is 5. The quantitative estimate of drug-likeness (QED) is 0.671. The van der Waals surface area contributed by atoms with Crippen LogP contribution in [0.3, 0.4) is 0 Å². The molecule has 1 amide bonds. The first-order chi connectivity index (χ1) is 7.22. The summed E-state index contributed by atoms with van der Waals surface area (Å²) < 4.78 is 10.5. The molecule has 0 spiro atoms. The molecule has 0 bridgehead atoms. The molecule has 1 heterocycles. The molecule has 1 unspecified atom stereocenters. The SMILES string of the molecule is CCOCC(=O)NCC1CN(C)CCO1. The van der Waals surface area contributed by atoms with E-state index in [0.717, 1.165) is 19.7 Å². The van der Waals surface area contributed by atoms with Gasteiger partial charge in [-0.25, -0.2) is 0 Å². The Morgan fingerprint density at radius 1 is 1.67 bits per heavy atom. The fraction of sp³-hybridized carbons (Fsp3) is 0.900. The number of hydrogen-bond donors (Lipinski definition) is 1. The average Bonchev–Trinajstić information content (AvgIpc) is 2.23. The van der Waals surface area contributed by atoms with E-state index in [1.54, 1.807) is 0 Å². The van der Waals surface area contributed by atoms with Crippen LogP contribution in [0, 0.1) is 0 Å². The van der Waals surface area contributed by atoms with Gasteiger partial charge in [-0.2, -0.15) is 0 Å². The second-order valence-electron chi connectivity index (χ2n) is 3.70. The van der Waals surface area contributed by atoms with Crippen LogP contribution in [0.4, 0.5) is 0 Å². The third kappa shape index (κ3) is 5.11. The van der Waals surface area contributed by atoms with Crippen molar-refractivity contribution in [1.29, 1.82) is 0 Å². The standard InChI is InChI=1S/C10H20N2O3/c1-3-14-8-10(13)11-6-9-7-12(2)4-5-15-9/h9H,3-8H2,1-2H3,(H,11,13). The van der Waals surface area contributed by atoms with Crippen LogP contribution in [-0.2, 0) is 14.3 Å². The summed E-state index contributed by atoms with van der Waals surface area (Å²) in [7, 11) is 2.05. The zero-order valence-electron chi connectivity index (χ0n) is 9.49. The highest BCUT2D eigenvalue weighted by Gasteiger charge is 2.17. The first-order valence-electron chi connectivity index (χ1n) is 5.37. The number of amides is 1. The topological polar surface area (TPSA) is 50.8 Å². The highest BCUT2D eigenvalue weighted by Crippen LogP contribution is 2.01. The molecule has 5 heteroatoms. The fourth-order valence-electron chi connectivity index (χ4n) is 1.46. The number of ether oxygens (including phenoxy) is 2. The molecule has 1 fully saturated rings. The normalized spacial score (nSPS) is 22.7. The third-order valence-corrected chi connectivity index (χ3v) is 2.31. The van der Waals surface area contributed by atoms with Crippen molar-refractivity contribution >= 4 is 5.91 Å². The summed E-state index contributed by atoms with van der Waals surface area (Å²) in [6, 6.07) is 0. The first-order valence-corrected chi connectivity index (χ1v) is 5.37. The maximum Gasteiger partial charge on any atom is 0.246 e. The highest BCUT2D eigenvalue weighted by molar-refractivity contribution is 5.77. The molecule has 5 nitrogen and oxygen atoms in total. The van der Waals surface area contributed by atoms with E-state index in [4.69, 9.17) is 9.47 Å². The van der Waals surface area contributed by atoms with Gasteiger partial charge in [-0.3, -0.25) is 4.79 Å². The van der Waals surface area contributed by atoms with Crippen LogP contribution in [0.1, 0.15) is 6.92 Å². The Bertz CT molecular complexity index is 199. The molecule has 1 aliphatic rings. The van der Waals surface area contributed by atoms with Crippen molar-refractivity contribution < 1.29 is 14.3 Å². The molecule has 1 rings (SSSR count). The van der Waals surface area contributed by atoms with Crippen LogP contribution in [-0.4, -0.2) is 63.4 Å². The Hall–Kier alpha value is -0.650. The fourth-order valence-corrected chi connectivity index (χ4v) is 1.46. The number of hydrogen-bond acceptors (Lipinski definition) is 4. The summed E-state index contributed by atoms with van der Waals surface area (Å²) in [5.41, 5.74) is 0. The van der Waals surface area contributed by atoms with Crippen molar-refractivity contribution in [3.05, 3.63) is 0 Å². The van der Waals surface area contributed by atoms with Gasteiger partial charge in [0.25, 0.3) is 0 Å². The van der Waals surface area contributed by atoms with Crippen LogP contribution >= 0.6 is 0 Å². The summed E-state index contributed by atoms with van der Waals surface area (Å²) in [5.74, 6) is -0.0753. The van der Waals surface area contributed by atoms with E-state index in [1.807, 2.05) is 6.92 Å². The van der Waals surface area contributed by atoms with Crippen molar-refractivity contribution in [1.82, 2.24) is 10.2 Å². The van der Waals surface area contributed by atoms with Crippen molar-refractivity contribution in [2.75, 3.05) is 46.5 Å². The van der Waals surface area contributed by atoms with Gasteiger partial charge < -0.3 is 19.7 Å². The maximum atomic E-state index is 11.2. The Labute approximate surface area is 90.7 Å². The molecular weight excluding hydrogens is 196 g/mol. The third-order valence-electron chi connectivity index (χ3n) is 2.31. The predicted octanol–water partition coefficient (Wildman–Crippen LogP) is -0.530. The van der Waals surface area contributed by atoms with E-state index in [9.17, 15) is 4.79 Å². The minimum atomic E-state index is -0.0753. The van der Waals surface area contributed by atoms with E-state index in [-0.39, 0.29) is 18.6 Å². The molecule has 0 aromatic heterocycles. The summed E-state index contributed by atoms with van der Waals surface area (Å²) in [4.78, 5) is 13.4. The number of carbonyl (C=O) groups excluding carboxylic acids is 1. The molecule has 0 aromatic rings. The van der Waals surface area contributed by atoms with Crippen LogP contribution in [0.2, 0.25) is 0 Å².